The second-order valence-electron chi connectivity index (χ2n) is 5.94. The van der Waals surface area contributed by atoms with E-state index in [1.54, 1.807) is 11.8 Å². The van der Waals surface area contributed by atoms with Gasteiger partial charge in [-0.25, -0.2) is 9.78 Å². The van der Waals surface area contributed by atoms with E-state index < -0.39 is 5.69 Å². The molecule has 0 fully saturated rings. The van der Waals surface area contributed by atoms with Crippen LogP contribution in [-0.2, 0) is 13.0 Å². The van der Waals surface area contributed by atoms with Crippen molar-refractivity contribution in [1.29, 1.82) is 0 Å². The molecule has 6 nitrogen and oxygen atoms in total. The Morgan fingerprint density at radius 3 is 2.68 bits per heavy atom. The van der Waals surface area contributed by atoms with Crippen molar-refractivity contribution in [3.63, 3.8) is 0 Å². The highest BCUT2D eigenvalue weighted by molar-refractivity contribution is 7.99. The van der Waals surface area contributed by atoms with Crippen molar-refractivity contribution in [2.75, 3.05) is 5.75 Å². The Bertz CT molecular complexity index is 943. The molecule has 0 aliphatic carbocycles. The average Bonchev–Trinajstić information content (AvgIpc) is 2.94. The van der Waals surface area contributed by atoms with Crippen molar-refractivity contribution in [2.45, 2.75) is 44.3 Å². The zero-order chi connectivity index (χ0) is 17.6. The van der Waals surface area contributed by atoms with Crippen LogP contribution in [0.3, 0.4) is 0 Å². The number of unbranched alkanes of at least 4 members (excludes halogenated alkanes) is 2. The highest BCUT2D eigenvalue weighted by Crippen LogP contribution is 2.22. The fraction of sp³-hybridized carbons (Fsp3) is 0.389. The first kappa shape index (κ1) is 17.5. The van der Waals surface area contributed by atoms with E-state index in [-0.39, 0.29) is 5.56 Å². The number of rotatable bonds is 8. The maximum Gasteiger partial charge on any atom is 0.327 e. The predicted molar refractivity (Wildman–Crippen MR) is 101 cm³/mol. The summed E-state index contributed by atoms with van der Waals surface area (Å²) < 4.78 is 1.94. The number of fused-ring (bicyclic) bond motifs is 1. The van der Waals surface area contributed by atoms with Gasteiger partial charge < -0.3 is 4.57 Å². The smallest absolute Gasteiger partial charge is 0.313 e. The summed E-state index contributed by atoms with van der Waals surface area (Å²) in [7, 11) is 0. The van der Waals surface area contributed by atoms with Crippen molar-refractivity contribution in [3.8, 4) is 0 Å². The lowest BCUT2D eigenvalue weighted by Crippen LogP contribution is -2.23. The molecular formula is C18H22N4O2S. The molecule has 0 unspecified atom stereocenters. The molecule has 0 spiro atoms. The molecule has 0 aliphatic rings. The van der Waals surface area contributed by atoms with Crippen LogP contribution in [-0.4, -0.2) is 25.3 Å². The molecule has 3 aromatic rings. The minimum Gasteiger partial charge on any atom is -0.313 e. The van der Waals surface area contributed by atoms with E-state index in [2.05, 4.69) is 34.0 Å². The molecule has 3 rings (SSSR count). The van der Waals surface area contributed by atoms with Gasteiger partial charge in [0, 0.05) is 12.3 Å². The van der Waals surface area contributed by atoms with Crippen LogP contribution in [0.25, 0.3) is 11.2 Å². The van der Waals surface area contributed by atoms with Crippen LogP contribution in [0.15, 0.2) is 45.1 Å². The first-order chi connectivity index (χ1) is 12.2. The van der Waals surface area contributed by atoms with Crippen LogP contribution >= 0.6 is 11.8 Å². The van der Waals surface area contributed by atoms with Crippen LogP contribution in [0.5, 0.6) is 0 Å². The van der Waals surface area contributed by atoms with Gasteiger partial charge in [-0.3, -0.25) is 14.8 Å². The Hall–Kier alpha value is -2.28. The summed E-state index contributed by atoms with van der Waals surface area (Å²) in [4.78, 5) is 33.2. The number of hydrogen-bond acceptors (Lipinski definition) is 4. The average molecular weight is 358 g/mol. The van der Waals surface area contributed by atoms with Crippen molar-refractivity contribution in [1.82, 2.24) is 19.5 Å². The molecular weight excluding hydrogens is 336 g/mol. The van der Waals surface area contributed by atoms with Gasteiger partial charge in [-0.15, -0.1) is 0 Å². The van der Waals surface area contributed by atoms with Gasteiger partial charge in [0.05, 0.1) is 0 Å². The third-order valence-electron chi connectivity index (χ3n) is 4.06. The lowest BCUT2D eigenvalue weighted by atomic mass is 10.2. The van der Waals surface area contributed by atoms with Crippen molar-refractivity contribution >= 4 is 22.9 Å². The number of aromatic amines is 2. The minimum atomic E-state index is -0.517. The van der Waals surface area contributed by atoms with E-state index in [0.717, 1.165) is 43.1 Å². The summed E-state index contributed by atoms with van der Waals surface area (Å²) in [6.07, 6.45) is 4.11. The van der Waals surface area contributed by atoms with Crippen molar-refractivity contribution in [3.05, 3.63) is 56.7 Å². The maximum atomic E-state index is 12.2. The number of aryl methyl sites for hydroxylation is 2. The maximum absolute atomic E-state index is 12.2. The van der Waals surface area contributed by atoms with Gasteiger partial charge in [0.15, 0.2) is 16.3 Å². The molecule has 0 atom stereocenters. The lowest BCUT2D eigenvalue weighted by Gasteiger charge is -2.08. The number of imidazole rings is 1. The lowest BCUT2D eigenvalue weighted by molar-refractivity contribution is 0.577. The SMILES string of the molecule is CCCCCn1c(SCCc2ccccc2)nc2[nH]c(=O)[nH]c(=O)c21. The highest BCUT2D eigenvalue weighted by Gasteiger charge is 2.15. The largest absolute Gasteiger partial charge is 0.327 e. The Morgan fingerprint density at radius 2 is 1.92 bits per heavy atom. The Balaban J connectivity index is 1.84. The number of hydrogen-bond donors (Lipinski definition) is 2. The number of benzene rings is 1. The first-order valence-electron chi connectivity index (χ1n) is 8.58. The van der Waals surface area contributed by atoms with E-state index >= 15 is 0 Å². The first-order valence-corrected chi connectivity index (χ1v) is 9.57. The Morgan fingerprint density at radius 1 is 1.12 bits per heavy atom. The molecule has 2 aromatic heterocycles. The van der Waals surface area contributed by atoms with Crippen LogP contribution in [0.4, 0.5) is 0 Å². The second kappa shape index (κ2) is 8.20. The number of thioether (sulfide) groups is 1. The van der Waals surface area contributed by atoms with Gasteiger partial charge in [0.25, 0.3) is 5.56 Å². The van der Waals surface area contributed by atoms with Gasteiger partial charge in [0.2, 0.25) is 0 Å². The van der Waals surface area contributed by atoms with Crippen LogP contribution in [0, 0.1) is 0 Å². The zero-order valence-corrected chi connectivity index (χ0v) is 15.1. The van der Waals surface area contributed by atoms with Gasteiger partial charge in [0.1, 0.15) is 0 Å². The normalized spacial score (nSPS) is 11.2. The topological polar surface area (TPSA) is 83.5 Å². The monoisotopic (exact) mass is 358 g/mol. The van der Waals surface area contributed by atoms with E-state index in [0.29, 0.717) is 11.2 Å². The molecule has 0 amide bonds. The zero-order valence-electron chi connectivity index (χ0n) is 14.2. The molecule has 132 valence electrons. The number of nitrogens with zero attached hydrogens (tertiary/aromatic N) is 2. The van der Waals surface area contributed by atoms with Crippen LogP contribution in [0.2, 0.25) is 0 Å². The molecule has 0 radical (unpaired) electrons. The highest BCUT2D eigenvalue weighted by atomic mass is 32.2. The van der Waals surface area contributed by atoms with Gasteiger partial charge in [-0.1, -0.05) is 61.9 Å². The molecule has 0 aliphatic heterocycles. The molecule has 0 saturated heterocycles. The fourth-order valence-corrected chi connectivity index (χ4v) is 3.81. The van der Waals surface area contributed by atoms with Gasteiger partial charge in [-0.2, -0.15) is 0 Å². The Kier molecular flexibility index (Phi) is 5.75. The quantitative estimate of drug-likeness (QED) is 0.479. The van der Waals surface area contributed by atoms with Crippen molar-refractivity contribution in [2.24, 2.45) is 0 Å². The van der Waals surface area contributed by atoms with Gasteiger partial charge in [-0.05, 0) is 18.4 Å². The summed E-state index contributed by atoms with van der Waals surface area (Å²) in [5.74, 6) is 0.864. The van der Waals surface area contributed by atoms with E-state index in [9.17, 15) is 9.59 Å². The summed E-state index contributed by atoms with van der Waals surface area (Å²) >= 11 is 1.62. The molecule has 25 heavy (non-hydrogen) atoms. The predicted octanol–water partition coefficient (Wildman–Crippen LogP) is 2.94. The number of nitrogens with one attached hydrogen (secondary N) is 2. The fourth-order valence-electron chi connectivity index (χ4n) is 2.79. The molecule has 7 heteroatoms. The standard InChI is InChI=1S/C18H22N4O2S/c1-2-3-7-11-22-14-15(19-17(24)21-16(14)23)20-18(22)25-12-10-13-8-5-4-6-9-13/h4-6,8-9H,2-3,7,10-12H2,1H3,(H2,19,21,23,24). The summed E-state index contributed by atoms with van der Waals surface area (Å²) in [6.45, 7) is 2.87. The molecule has 0 bridgehead atoms. The second-order valence-corrected chi connectivity index (χ2v) is 7.00. The third-order valence-corrected chi connectivity index (χ3v) is 5.03. The number of aromatic nitrogens is 4. The van der Waals surface area contributed by atoms with Crippen LogP contribution < -0.4 is 11.2 Å². The molecule has 2 heterocycles. The molecule has 0 saturated carbocycles. The van der Waals surface area contributed by atoms with Gasteiger partial charge >= 0.3 is 5.69 Å². The molecule has 2 N–H and O–H groups in total. The summed E-state index contributed by atoms with van der Waals surface area (Å²) in [5, 5.41) is 0.786. The minimum absolute atomic E-state index is 0.368. The number of H-pyrrole nitrogens is 2. The third kappa shape index (κ3) is 4.22. The van der Waals surface area contributed by atoms with Crippen LogP contribution in [0.1, 0.15) is 31.7 Å². The summed E-state index contributed by atoms with van der Waals surface area (Å²) in [5.41, 5.74) is 1.20. The van der Waals surface area contributed by atoms with E-state index in [1.807, 2.05) is 22.8 Å². The summed E-state index contributed by atoms with van der Waals surface area (Å²) in [6, 6.07) is 10.3. The van der Waals surface area contributed by atoms with Crippen molar-refractivity contribution < 1.29 is 0 Å². The van der Waals surface area contributed by atoms with E-state index in [1.165, 1.54) is 5.56 Å². The van der Waals surface area contributed by atoms with E-state index in [4.69, 9.17) is 0 Å². The Labute approximate surface area is 149 Å². The molecule has 1 aromatic carbocycles.